The van der Waals surface area contributed by atoms with E-state index in [9.17, 15) is 4.79 Å². The van der Waals surface area contributed by atoms with Crippen molar-refractivity contribution in [3.8, 4) is 11.5 Å². The van der Waals surface area contributed by atoms with E-state index in [0.717, 1.165) is 11.5 Å². The number of imidazole rings is 1. The molecule has 0 saturated carbocycles. The number of aromatic amines is 1. The van der Waals surface area contributed by atoms with Crippen LogP contribution in [0.15, 0.2) is 11.6 Å². The van der Waals surface area contributed by atoms with Crippen LogP contribution in [-0.2, 0) is 6.54 Å². The highest BCUT2D eigenvalue weighted by molar-refractivity contribution is 7.12. The van der Waals surface area contributed by atoms with Crippen molar-refractivity contribution in [2.24, 2.45) is 0 Å². The molecule has 3 rings (SSSR count). The molecule has 0 unspecified atom stereocenters. The fourth-order valence-corrected chi connectivity index (χ4v) is 2.95. The van der Waals surface area contributed by atoms with E-state index in [2.05, 4.69) is 9.97 Å². The van der Waals surface area contributed by atoms with Crippen molar-refractivity contribution < 1.29 is 14.3 Å². The van der Waals surface area contributed by atoms with Gasteiger partial charge in [-0.05, 0) is 6.92 Å². The number of thiophene rings is 1. The Balaban J connectivity index is 1.76. The van der Waals surface area contributed by atoms with Crippen LogP contribution in [0.2, 0.25) is 0 Å². The molecular formula is C13H15N3O3S. The zero-order valence-corrected chi connectivity index (χ0v) is 12.1. The maximum Gasteiger partial charge on any atom is 0.268 e. The molecule has 3 heterocycles. The van der Waals surface area contributed by atoms with Crippen LogP contribution in [0, 0.1) is 6.92 Å². The molecule has 0 radical (unpaired) electrons. The summed E-state index contributed by atoms with van der Waals surface area (Å²) < 4.78 is 11.0. The van der Waals surface area contributed by atoms with Crippen molar-refractivity contribution in [2.45, 2.75) is 13.5 Å². The normalized spacial score (nSPS) is 13.3. The van der Waals surface area contributed by atoms with Crippen LogP contribution in [0.3, 0.4) is 0 Å². The topological polar surface area (TPSA) is 67.5 Å². The lowest BCUT2D eigenvalue weighted by Crippen LogP contribution is -2.27. The first kappa shape index (κ1) is 13.0. The molecule has 1 amide bonds. The van der Waals surface area contributed by atoms with Gasteiger partial charge in [-0.25, -0.2) is 4.98 Å². The number of carbonyl (C=O) groups excluding carboxylic acids is 1. The van der Waals surface area contributed by atoms with Crippen LogP contribution in [0.5, 0.6) is 11.5 Å². The molecule has 0 aromatic carbocycles. The van der Waals surface area contributed by atoms with Crippen molar-refractivity contribution in [3.63, 3.8) is 0 Å². The van der Waals surface area contributed by atoms with Gasteiger partial charge in [0.2, 0.25) is 0 Å². The predicted octanol–water partition coefficient (Wildman–Crippen LogP) is 1.82. The Morgan fingerprint density at radius 2 is 2.30 bits per heavy atom. The van der Waals surface area contributed by atoms with Gasteiger partial charge in [-0.3, -0.25) is 4.79 Å². The van der Waals surface area contributed by atoms with Gasteiger partial charge in [0, 0.05) is 24.3 Å². The smallest absolute Gasteiger partial charge is 0.268 e. The van der Waals surface area contributed by atoms with Crippen molar-refractivity contribution in [2.75, 3.05) is 20.3 Å². The Morgan fingerprint density at radius 1 is 1.50 bits per heavy atom. The molecule has 6 nitrogen and oxygen atoms in total. The molecule has 106 valence electrons. The van der Waals surface area contributed by atoms with E-state index in [0.29, 0.717) is 36.1 Å². The minimum Gasteiger partial charge on any atom is -0.485 e. The summed E-state index contributed by atoms with van der Waals surface area (Å²) in [6.45, 7) is 3.36. The van der Waals surface area contributed by atoms with Gasteiger partial charge in [-0.15, -0.1) is 11.3 Å². The summed E-state index contributed by atoms with van der Waals surface area (Å²) in [5, 5.41) is 1.81. The highest BCUT2D eigenvalue weighted by atomic mass is 32.1. The highest BCUT2D eigenvalue weighted by Gasteiger charge is 2.25. The Bertz CT molecular complexity index is 635. The third-order valence-corrected chi connectivity index (χ3v) is 3.91. The number of nitrogens with zero attached hydrogens (tertiary/aromatic N) is 2. The summed E-state index contributed by atoms with van der Waals surface area (Å²) in [5.41, 5.74) is 0.978. The zero-order valence-electron chi connectivity index (χ0n) is 11.3. The highest BCUT2D eigenvalue weighted by Crippen LogP contribution is 2.39. The molecule has 2 aromatic rings. The third-order valence-electron chi connectivity index (χ3n) is 2.98. The molecule has 0 fully saturated rings. The summed E-state index contributed by atoms with van der Waals surface area (Å²) in [6.07, 6.45) is 1.75. The van der Waals surface area contributed by atoms with E-state index in [-0.39, 0.29) is 5.91 Å². The number of amides is 1. The van der Waals surface area contributed by atoms with Gasteiger partial charge in [0.1, 0.15) is 23.9 Å². The molecule has 1 N–H and O–H groups in total. The van der Waals surface area contributed by atoms with Gasteiger partial charge < -0.3 is 19.4 Å². The number of nitrogens with one attached hydrogen (secondary N) is 1. The molecule has 1 aliphatic rings. The Kier molecular flexibility index (Phi) is 3.35. The first-order valence-corrected chi connectivity index (χ1v) is 7.16. The molecule has 0 aliphatic carbocycles. The minimum absolute atomic E-state index is 0.0872. The molecular weight excluding hydrogens is 278 g/mol. The van der Waals surface area contributed by atoms with Crippen LogP contribution >= 0.6 is 11.3 Å². The van der Waals surface area contributed by atoms with Gasteiger partial charge in [0.05, 0.1) is 6.54 Å². The van der Waals surface area contributed by atoms with Gasteiger partial charge in [-0.2, -0.15) is 0 Å². The fraction of sp³-hybridized carbons (Fsp3) is 0.385. The summed E-state index contributed by atoms with van der Waals surface area (Å²) >= 11 is 1.35. The van der Waals surface area contributed by atoms with E-state index >= 15 is 0 Å². The van der Waals surface area contributed by atoms with Crippen molar-refractivity contribution in [1.82, 2.24) is 14.9 Å². The minimum atomic E-state index is -0.0872. The quantitative estimate of drug-likeness (QED) is 0.937. The largest absolute Gasteiger partial charge is 0.485 e. The average Bonchev–Trinajstić information content (AvgIpc) is 3.04. The number of carbonyl (C=O) groups is 1. The third kappa shape index (κ3) is 2.36. The number of ether oxygens (including phenoxy) is 2. The molecule has 7 heteroatoms. The van der Waals surface area contributed by atoms with Crippen LogP contribution in [0.25, 0.3) is 0 Å². The number of rotatable bonds is 3. The summed E-state index contributed by atoms with van der Waals surface area (Å²) in [5.74, 6) is 1.90. The zero-order chi connectivity index (χ0) is 14.1. The standard InChI is InChI=1S/C13H15N3O3S/c1-8-5-14-10(15-8)6-16(2)13(17)12-11-9(7-20-12)18-3-4-19-11/h5,7H,3-4,6H2,1-2H3,(H,14,15). The van der Waals surface area contributed by atoms with E-state index in [1.807, 2.05) is 12.3 Å². The monoisotopic (exact) mass is 293 g/mol. The number of hydrogen-bond acceptors (Lipinski definition) is 5. The first-order valence-electron chi connectivity index (χ1n) is 6.28. The lowest BCUT2D eigenvalue weighted by molar-refractivity contribution is 0.0777. The molecule has 0 atom stereocenters. The van der Waals surface area contributed by atoms with Gasteiger partial charge >= 0.3 is 0 Å². The lowest BCUT2D eigenvalue weighted by atomic mass is 10.3. The van der Waals surface area contributed by atoms with Crippen LogP contribution < -0.4 is 9.47 Å². The van der Waals surface area contributed by atoms with Crippen molar-refractivity contribution in [1.29, 1.82) is 0 Å². The molecule has 1 aliphatic heterocycles. The van der Waals surface area contributed by atoms with Crippen LogP contribution in [-0.4, -0.2) is 41.0 Å². The summed E-state index contributed by atoms with van der Waals surface area (Å²) in [6, 6.07) is 0. The predicted molar refractivity (Wildman–Crippen MR) is 74.4 cm³/mol. The number of fused-ring (bicyclic) bond motifs is 1. The lowest BCUT2D eigenvalue weighted by Gasteiger charge is -2.18. The maximum absolute atomic E-state index is 12.4. The van der Waals surface area contributed by atoms with Gasteiger partial charge in [0.25, 0.3) is 5.91 Å². The van der Waals surface area contributed by atoms with Crippen molar-refractivity contribution in [3.05, 3.63) is 28.0 Å². The van der Waals surface area contributed by atoms with Gasteiger partial charge in [0.15, 0.2) is 11.5 Å². The summed E-state index contributed by atoms with van der Waals surface area (Å²) in [7, 11) is 1.75. The summed E-state index contributed by atoms with van der Waals surface area (Å²) in [4.78, 5) is 22.0. The Hall–Kier alpha value is -2.02. The van der Waals surface area contributed by atoms with E-state index in [1.165, 1.54) is 11.3 Å². The molecule has 2 aromatic heterocycles. The van der Waals surface area contributed by atoms with Crippen LogP contribution in [0.1, 0.15) is 21.2 Å². The number of aromatic nitrogens is 2. The van der Waals surface area contributed by atoms with E-state index < -0.39 is 0 Å². The molecule has 20 heavy (non-hydrogen) atoms. The number of aryl methyl sites for hydroxylation is 1. The average molecular weight is 293 g/mol. The molecule has 0 bridgehead atoms. The van der Waals surface area contributed by atoms with E-state index in [1.54, 1.807) is 18.1 Å². The molecule has 0 spiro atoms. The molecule has 0 saturated heterocycles. The van der Waals surface area contributed by atoms with Crippen molar-refractivity contribution >= 4 is 17.2 Å². The SMILES string of the molecule is Cc1cnc(CN(C)C(=O)c2scc3c2OCCO3)[nH]1. The second kappa shape index (κ2) is 5.16. The van der Waals surface area contributed by atoms with Crippen LogP contribution in [0.4, 0.5) is 0 Å². The second-order valence-electron chi connectivity index (χ2n) is 4.63. The maximum atomic E-state index is 12.4. The number of hydrogen-bond donors (Lipinski definition) is 1. The van der Waals surface area contributed by atoms with Gasteiger partial charge in [-0.1, -0.05) is 0 Å². The first-order chi connectivity index (χ1) is 9.65. The van der Waals surface area contributed by atoms with E-state index in [4.69, 9.17) is 9.47 Å². The Labute approximate surface area is 120 Å². The fourth-order valence-electron chi connectivity index (χ4n) is 2.03. The number of H-pyrrole nitrogens is 1. The second-order valence-corrected chi connectivity index (χ2v) is 5.51. The Morgan fingerprint density at radius 3 is 3.05 bits per heavy atom.